The van der Waals surface area contributed by atoms with Gasteiger partial charge in [0.2, 0.25) is 5.91 Å². The Hall–Kier alpha value is -2.95. The SMILES string of the molecule is CC/C=C\C/C=C\C/C=C\C/C=C\C/C=C\C/C=C\C/C=C\CCCCCCCCCCCCCCCC(=O)NC(CO)C(O)/C=C/CC/C=C/CCCCCCCCCCCCCCCCCCCCCCCCCC. The van der Waals surface area contributed by atoms with E-state index in [0.29, 0.717) is 6.42 Å². The quantitative estimate of drug-likeness (QED) is 0.0420. The van der Waals surface area contributed by atoms with Crippen LogP contribution in [0.15, 0.2) is 109 Å². The fourth-order valence-electron chi connectivity index (χ4n) is 9.94. The molecule has 0 saturated heterocycles. The number of amides is 1. The molecule has 2 atom stereocenters. The summed E-state index contributed by atoms with van der Waals surface area (Å²) < 4.78 is 0. The average molecular weight is 1070 g/mol. The van der Waals surface area contributed by atoms with Crippen LogP contribution in [0.3, 0.4) is 0 Å². The third kappa shape index (κ3) is 63.8. The molecule has 0 aliphatic heterocycles. The highest BCUT2D eigenvalue weighted by atomic mass is 16.3. The molecule has 4 nitrogen and oxygen atoms in total. The summed E-state index contributed by atoms with van der Waals surface area (Å²) in [4.78, 5) is 12.5. The van der Waals surface area contributed by atoms with Gasteiger partial charge in [-0.1, -0.05) is 342 Å². The van der Waals surface area contributed by atoms with Gasteiger partial charge in [-0.3, -0.25) is 4.79 Å². The Kier molecular flexibility index (Phi) is 64.7. The molecule has 77 heavy (non-hydrogen) atoms. The van der Waals surface area contributed by atoms with E-state index in [1.807, 2.05) is 6.08 Å². The summed E-state index contributed by atoms with van der Waals surface area (Å²) in [5.41, 5.74) is 0. The minimum Gasteiger partial charge on any atom is -0.394 e. The number of rotatable bonds is 61. The molecular formula is C73H129NO3. The Morgan fingerprint density at radius 3 is 0.909 bits per heavy atom. The normalized spacial score (nSPS) is 13.5. The zero-order chi connectivity index (χ0) is 55.5. The molecule has 0 saturated carbocycles. The molecule has 0 aromatic carbocycles. The van der Waals surface area contributed by atoms with Crippen LogP contribution in [-0.2, 0) is 4.79 Å². The number of carbonyl (C=O) groups is 1. The summed E-state index contributed by atoms with van der Waals surface area (Å²) in [7, 11) is 0. The van der Waals surface area contributed by atoms with E-state index in [1.54, 1.807) is 6.08 Å². The molecule has 4 heteroatoms. The van der Waals surface area contributed by atoms with Crippen LogP contribution in [0, 0.1) is 0 Å². The summed E-state index contributed by atoms with van der Waals surface area (Å²) >= 11 is 0. The molecule has 0 aliphatic rings. The predicted octanol–water partition coefficient (Wildman–Crippen LogP) is 23.0. The number of nitrogens with one attached hydrogen (secondary N) is 1. The van der Waals surface area contributed by atoms with Crippen molar-refractivity contribution in [1.82, 2.24) is 5.32 Å². The number of carbonyl (C=O) groups excluding carboxylic acids is 1. The standard InChI is InChI=1S/C73H129NO3/c1-3-5-7-9-11-13-15-17-19-21-23-25-27-29-31-33-35-36-37-38-39-41-43-45-47-49-51-53-55-57-59-61-63-65-67-69-73(77)74-71(70-75)72(76)68-66-64-62-60-58-56-54-52-50-48-46-44-42-40-34-32-30-28-26-24-22-20-18-16-14-12-10-8-6-4-2/h5,7,11,13,17,19,23,25,29,31,35-36,38-39,58,60,66,68,71-72,75-76H,3-4,6,8-10,12,14-16,18,20-22,24,26-28,30,32-34,37,40-57,59,61-65,67,69-70H2,1-2H3,(H,74,77)/b7-5-,13-11-,19-17-,25-23-,31-29-,36-35-,39-38-,60-58+,68-66+. The van der Waals surface area contributed by atoms with E-state index in [0.717, 1.165) is 77.0 Å². The average Bonchev–Trinajstić information content (AvgIpc) is 3.43. The number of allylic oxidation sites excluding steroid dienone is 17. The van der Waals surface area contributed by atoms with Crippen molar-refractivity contribution in [3.05, 3.63) is 109 Å². The molecule has 0 heterocycles. The topological polar surface area (TPSA) is 69.6 Å². The molecule has 0 aliphatic carbocycles. The molecule has 3 N–H and O–H groups in total. The molecule has 444 valence electrons. The number of unbranched alkanes of at least 4 members (excludes halogenated alkanes) is 38. The van der Waals surface area contributed by atoms with Crippen LogP contribution in [0.1, 0.15) is 328 Å². The van der Waals surface area contributed by atoms with Crippen LogP contribution < -0.4 is 5.32 Å². The minimum atomic E-state index is -0.871. The van der Waals surface area contributed by atoms with Gasteiger partial charge >= 0.3 is 0 Å². The van der Waals surface area contributed by atoms with Crippen LogP contribution in [0.2, 0.25) is 0 Å². The largest absolute Gasteiger partial charge is 0.394 e. The Morgan fingerprint density at radius 2 is 0.584 bits per heavy atom. The first-order valence-electron chi connectivity index (χ1n) is 33.6. The van der Waals surface area contributed by atoms with Gasteiger partial charge in [-0.05, 0) is 89.9 Å². The highest BCUT2D eigenvalue weighted by molar-refractivity contribution is 5.76. The molecule has 1 amide bonds. The van der Waals surface area contributed by atoms with Crippen LogP contribution in [-0.4, -0.2) is 34.9 Å². The fourth-order valence-corrected chi connectivity index (χ4v) is 9.94. The van der Waals surface area contributed by atoms with Gasteiger partial charge in [0, 0.05) is 6.42 Å². The molecule has 0 bridgehead atoms. The summed E-state index contributed by atoms with van der Waals surface area (Å²) in [5, 5.41) is 23.3. The lowest BCUT2D eigenvalue weighted by Crippen LogP contribution is -2.45. The number of hydrogen-bond donors (Lipinski definition) is 3. The molecule has 0 rings (SSSR count). The Balaban J connectivity index is 3.54. The maximum absolute atomic E-state index is 12.5. The van der Waals surface area contributed by atoms with Gasteiger partial charge in [-0.15, -0.1) is 0 Å². The van der Waals surface area contributed by atoms with Gasteiger partial charge in [0.15, 0.2) is 0 Å². The molecular weight excluding hydrogens is 939 g/mol. The van der Waals surface area contributed by atoms with Crippen LogP contribution in [0.4, 0.5) is 0 Å². The molecule has 0 spiro atoms. The van der Waals surface area contributed by atoms with Crippen molar-refractivity contribution in [2.24, 2.45) is 0 Å². The second kappa shape index (κ2) is 67.3. The van der Waals surface area contributed by atoms with Crippen LogP contribution >= 0.6 is 0 Å². The maximum atomic E-state index is 12.5. The maximum Gasteiger partial charge on any atom is 0.220 e. The smallest absolute Gasteiger partial charge is 0.220 e. The lowest BCUT2D eigenvalue weighted by atomic mass is 10.0. The first-order chi connectivity index (χ1) is 38.2. The van der Waals surface area contributed by atoms with E-state index in [9.17, 15) is 15.0 Å². The zero-order valence-electron chi connectivity index (χ0n) is 51.2. The van der Waals surface area contributed by atoms with E-state index >= 15 is 0 Å². The van der Waals surface area contributed by atoms with Crippen molar-refractivity contribution in [3.8, 4) is 0 Å². The first kappa shape index (κ1) is 74.0. The van der Waals surface area contributed by atoms with Gasteiger partial charge in [-0.2, -0.15) is 0 Å². The molecule has 2 unspecified atom stereocenters. The van der Waals surface area contributed by atoms with E-state index in [4.69, 9.17) is 0 Å². The highest BCUT2D eigenvalue weighted by Crippen LogP contribution is 2.17. The van der Waals surface area contributed by atoms with Crippen LogP contribution in [0.5, 0.6) is 0 Å². The summed E-state index contributed by atoms with van der Waals surface area (Å²) in [6.45, 7) is 4.21. The minimum absolute atomic E-state index is 0.0755. The van der Waals surface area contributed by atoms with E-state index in [1.165, 1.54) is 231 Å². The number of aliphatic hydroxyl groups is 2. The monoisotopic (exact) mass is 1070 g/mol. The Morgan fingerprint density at radius 1 is 0.325 bits per heavy atom. The number of aliphatic hydroxyl groups excluding tert-OH is 2. The highest BCUT2D eigenvalue weighted by Gasteiger charge is 2.18. The third-order valence-electron chi connectivity index (χ3n) is 15.0. The zero-order valence-corrected chi connectivity index (χ0v) is 51.2. The molecule has 0 aromatic rings. The first-order valence-corrected chi connectivity index (χ1v) is 33.6. The van der Waals surface area contributed by atoms with Crippen LogP contribution in [0.25, 0.3) is 0 Å². The Labute approximate surface area is 480 Å². The van der Waals surface area contributed by atoms with Gasteiger partial charge in [0.1, 0.15) is 0 Å². The van der Waals surface area contributed by atoms with Crippen molar-refractivity contribution in [2.45, 2.75) is 341 Å². The van der Waals surface area contributed by atoms with E-state index in [-0.39, 0.29) is 12.5 Å². The number of hydrogen-bond acceptors (Lipinski definition) is 3. The predicted molar refractivity (Wildman–Crippen MR) is 345 cm³/mol. The van der Waals surface area contributed by atoms with Crippen molar-refractivity contribution >= 4 is 5.91 Å². The fraction of sp³-hybridized carbons (Fsp3) is 0.740. The summed E-state index contributed by atoms with van der Waals surface area (Å²) in [5.74, 6) is -0.0755. The second-order valence-corrected chi connectivity index (χ2v) is 22.5. The van der Waals surface area contributed by atoms with Crippen molar-refractivity contribution in [2.75, 3.05) is 6.61 Å². The lowest BCUT2D eigenvalue weighted by molar-refractivity contribution is -0.123. The van der Waals surface area contributed by atoms with Crippen molar-refractivity contribution < 1.29 is 15.0 Å². The lowest BCUT2D eigenvalue weighted by Gasteiger charge is -2.19. The van der Waals surface area contributed by atoms with Crippen molar-refractivity contribution in [3.63, 3.8) is 0 Å². The second-order valence-electron chi connectivity index (χ2n) is 22.5. The summed E-state index contributed by atoms with van der Waals surface area (Å²) in [6, 6.07) is -0.648. The third-order valence-corrected chi connectivity index (χ3v) is 15.0. The van der Waals surface area contributed by atoms with Crippen molar-refractivity contribution in [1.29, 1.82) is 0 Å². The van der Waals surface area contributed by atoms with Gasteiger partial charge < -0.3 is 15.5 Å². The summed E-state index contributed by atoms with van der Waals surface area (Å²) in [6.07, 6.45) is 102. The molecule has 0 aromatic heterocycles. The molecule has 0 fully saturated rings. The Bertz CT molecular complexity index is 1440. The van der Waals surface area contributed by atoms with Gasteiger partial charge in [0.05, 0.1) is 18.8 Å². The van der Waals surface area contributed by atoms with Gasteiger partial charge in [-0.25, -0.2) is 0 Å². The van der Waals surface area contributed by atoms with Gasteiger partial charge in [0.25, 0.3) is 0 Å². The van der Waals surface area contributed by atoms with E-state index in [2.05, 4.69) is 116 Å². The molecule has 0 radical (unpaired) electrons. The van der Waals surface area contributed by atoms with E-state index < -0.39 is 12.1 Å².